The summed E-state index contributed by atoms with van der Waals surface area (Å²) in [5.74, 6) is 0. The van der Waals surface area contributed by atoms with E-state index in [1.807, 2.05) is 36.4 Å². The van der Waals surface area contributed by atoms with Crippen molar-refractivity contribution in [3.05, 3.63) is 60.9 Å². The van der Waals surface area contributed by atoms with Crippen molar-refractivity contribution >= 4 is 22.4 Å². The first-order valence-electron chi connectivity index (χ1n) is 6.66. The van der Waals surface area contributed by atoms with E-state index in [2.05, 4.69) is 32.7 Å². The van der Waals surface area contributed by atoms with Crippen molar-refractivity contribution in [1.29, 1.82) is 0 Å². The van der Waals surface area contributed by atoms with Crippen LogP contribution in [0.4, 0.5) is 11.4 Å². The Bertz CT molecular complexity index is 606. The fraction of sp³-hybridized carbons (Fsp3) is 0.125. The molecule has 2 heterocycles. The van der Waals surface area contributed by atoms with Crippen LogP contribution in [0.5, 0.6) is 0 Å². The van der Waals surface area contributed by atoms with Gasteiger partial charge < -0.3 is 10.6 Å². The van der Waals surface area contributed by atoms with Gasteiger partial charge in [0.05, 0.1) is 22.4 Å². The van der Waals surface area contributed by atoms with Crippen LogP contribution < -0.4 is 10.6 Å². The highest BCUT2D eigenvalue weighted by Gasteiger charge is 2.03. The van der Waals surface area contributed by atoms with E-state index in [1.165, 1.54) is 11.4 Å². The Balaban J connectivity index is 0.000000121. The second-order valence-electron chi connectivity index (χ2n) is 4.44. The molecule has 0 unspecified atom stereocenters. The van der Waals surface area contributed by atoms with Crippen LogP contribution in [0.2, 0.25) is 0 Å². The van der Waals surface area contributed by atoms with Gasteiger partial charge in [-0.3, -0.25) is 9.97 Å². The second kappa shape index (κ2) is 6.02. The van der Waals surface area contributed by atoms with Gasteiger partial charge in [-0.15, -0.1) is 0 Å². The van der Waals surface area contributed by atoms with E-state index < -0.39 is 0 Å². The Morgan fingerprint density at radius 2 is 1.10 bits per heavy atom. The molecule has 0 saturated carbocycles. The van der Waals surface area contributed by atoms with Crippen LogP contribution >= 0.6 is 0 Å². The first kappa shape index (κ1) is 12.4. The highest BCUT2D eigenvalue weighted by Crippen LogP contribution is 2.22. The predicted molar refractivity (Wildman–Crippen MR) is 83.0 cm³/mol. The number of hydrogen-bond donors (Lipinski definition) is 2. The van der Waals surface area contributed by atoms with Gasteiger partial charge in [-0.25, -0.2) is 0 Å². The molecule has 0 fully saturated rings. The quantitative estimate of drug-likeness (QED) is 0.655. The summed E-state index contributed by atoms with van der Waals surface area (Å²) in [6.45, 7) is 2.05. The van der Waals surface area contributed by atoms with E-state index >= 15 is 0 Å². The average molecular weight is 264 g/mol. The Hall–Kier alpha value is -2.62. The zero-order chi connectivity index (χ0) is 13.6. The van der Waals surface area contributed by atoms with E-state index in [4.69, 9.17) is 0 Å². The summed E-state index contributed by atoms with van der Waals surface area (Å²) in [7, 11) is 0. The first-order valence-corrected chi connectivity index (χ1v) is 6.66. The number of hydrogen-bond acceptors (Lipinski definition) is 4. The van der Waals surface area contributed by atoms with Crippen molar-refractivity contribution in [2.45, 2.75) is 0 Å². The predicted octanol–water partition coefficient (Wildman–Crippen LogP) is 3.15. The molecule has 3 aromatic rings. The molecule has 0 bridgehead atoms. The summed E-state index contributed by atoms with van der Waals surface area (Å²) < 4.78 is 0. The molecular formula is C16H16N4. The second-order valence-corrected chi connectivity index (χ2v) is 4.44. The molecule has 4 heteroatoms. The summed E-state index contributed by atoms with van der Waals surface area (Å²) >= 11 is 0. The summed E-state index contributed by atoms with van der Waals surface area (Å²) in [5, 5.41) is 6.60. The Kier molecular flexibility index (Phi) is 3.73. The average Bonchev–Trinajstić information content (AvgIpc) is 2.56. The van der Waals surface area contributed by atoms with Crippen molar-refractivity contribution in [2.75, 3.05) is 23.7 Å². The van der Waals surface area contributed by atoms with Gasteiger partial charge in [-0.2, -0.15) is 0 Å². The third-order valence-corrected chi connectivity index (χ3v) is 3.06. The van der Waals surface area contributed by atoms with Crippen molar-refractivity contribution in [2.24, 2.45) is 0 Å². The largest absolute Gasteiger partial charge is 0.382 e. The van der Waals surface area contributed by atoms with Gasteiger partial charge in [-0.05, 0) is 24.3 Å². The lowest BCUT2D eigenvalue weighted by Gasteiger charge is -2.18. The van der Waals surface area contributed by atoms with Crippen LogP contribution in [0.15, 0.2) is 60.9 Å². The molecule has 0 saturated heterocycles. The van der Waals surface area contributed by atoms with Crippen molar-refractivity contribution in [3.63, 3.8) is 0 Å². The lowest BCUT2D eigenvalue weighted by atomic mass is 10.2. The van der Waals surface area contributed by atoms with Crippen molar-refractivity contribution < 1.29 is 0 Å². The fourth-order valence-corrected chi connectivity index (χ4v) is 2.10. The van der Waals surface area contributed by atoms with Crippen LogP contribution in [0.1, 0.15) is 0 Å². The maximum absolute atomic E-state index is 4.12. The minimum absolute atomic E-state index is 0.949. The van der Waals surface area contributed by atoms with Gasteiger partial charge in [0.2, 0.25) is 0 Å². The molecule has 1 aromatic heterocycles. The number of anilines is 2. The van der Waals surface area contributed by atoms with Crippen LogP contribution in [0.25, 0.3) is 11.0 Å². The summed E-state index contributed by atoms with van der Waals surface area (Å²) in [6, 6.07) is 16.1. The number of para-hydroxylation sites is 4. The number of benzene rings is 2. The van der Waals surface area contributed by atoms with Crippen molar-refractivity contribution in [1.82, 2.24) is 9.97 Å². The molecule has 4 nitrogen and oxygen atoms in total. The first-order chi connectivity index (χ1) is 9.93. The third kappa shape index (κ3) is 2.85. The summed E-state index contributed by atoms with van der Waals surface area (Å²) in [6.07, 6.45) is 3.39. The topological polar surface area (TPSA) is 49.8 Å². The SMILES string of the molecule is c1ccc2c(c1)NCCN2.c1ccc2nccnc2c1. The minimum atomic E-state index is 0.949. The Morgan fingerprint density at radius 3 is 1.60 bits per heavy atom. The highest BCUT2D eigenvalue weighted by molar-refractivity contribution is 5.73. The zero-order valence-electron chi connectivity index (χ0n) is 11.1. The molecule has 100 valence electrons. The molecule has 0 radical (unpaired) electrons. The number of aromatic nitrogens is 2. The van der Waals surface area contributed by atoms with Crippen LogP contribution in [-0.4, -0.2) is 23.1 Å². The fourth-order valence-electron chi connectivity index (χ4n) is 2.10. The molecular weight excluding hydrogens is 248 g/mol. The van der Waals surface area contributed by atoms with Gasteiger partial charge in [0, 0.05) is 25.5 Å². The molecule has 0 atom stereocenters. The molecule has 0 amide bonds. The summed E-state index contributed by atoms with van der Waals surface area (Å²) in [5.41, 5.74) is 4.33. The Labute approximate surface area is 117 Å². The number of nitrogens with zero attached hydrogens (tertiary/aromatic N) is 2. The monoisotopic (exact) mass is 264 g/mol. The lowest BCUT2D eigenvalue weighted by molar-refractivity contribution is 1.05. The number of fused-ring (bicyclic) bond motifs is 2. The summed E-state index contributed by atoms with van der Waals surface area (Å²) in [4.78, 5) is 8.24. The van der Waals surface area contributed by atoms with Gasteiger partial charge in [0.15, 0.2) is 0 Å². The van der Waals surface area contributed by atoms with Gasteiger partial charge in [-0.1, -0.05) is 24.3 Å². The maximum Gasteiger partial charge on any atom is 0.0886 e. The van der Waals surface area contributed by atoms with Gasteiger partial charge >= 0.3 is 0 Å². The standard InChI is InChI=1S/C8H10N2.C8H6N2/c2*1-2-4-8-7(3-1)9-5-6-10-8/h1-4,9-10H,5-6H2;1-6H. The van der Waals surface area contributed by atoms with E-state index in [0.717, 1.165) is 24.1 Å². The molecule has 1 aliphatic heterocycles. The minimum Gasteiger partial charge on any atom is -0.382 e. The van der Waals surface area contributed by atoms with Gasteiger partial charge in [0.1, 0.15) is 0 Å². The van der Waals surface area contributed by atoms with E-state index in [1.54, 1.807) is 12.4 Å². The van der Waals surface area contributed by atoms with Crippen LogP contribution in [-0.2, 0) is 0 Å². The molecule has 0 spiro atoms. The zero-order valence-corrected chi connectivity index (χ0v) is 11.1. The van der Waals surface area contributed by atoms with E-state index in [9.17, 15) is 0 Å². The molecule has 2 aromatic carbocycles. The molecule has 4 rings (SSSR count). The number of rotatable bonds is 0. The molecule has 0 aliphatic carbocycles. The van der Waals surface area contributed by atoms with Crippen LogP contribution in [0.3, 0.4) is 0 Å². The molecule has 2 N–H and O–H groups in total. The van der Waals surface area contributed by atoms with Crippen molar-refractivity contribution in [3.8, 4) is 0 Å². The molecule has 20 heavy (non-hydrogen) atoms. The smallest absolute Gasteiger partial charge is 0.0886 e. The van der Waals surface area contributed by atoms with Crippen LogP contribution in [0, 0.1) is 0 Å². The normalized spacial score (nSPS) is 12.4. The third-order valence-electron chi connectivity index (χ3n) is 3.06. The highest BCUT2D eigenvalue weighted by atomic mass is 15.0. The molecule has 1 aliphatic rings. The Morgan fingerprint density at radius 1 is 0.650 bits per heavy atom. The van der Waals surface area contributed by atoms with E-state index in [-0.39, 0.29) is 0 Å². The maximum atomic E-state index is 4.12. The van der Waals surface area contributed by atoms with E-state index in [0.29, 0.717) is 0 Å². The van der Waals surface area contributed by atoms with Gasteiger partial charge in [0.25, 0.3) is 0 Å². The lowest BCUT2D eigenvalue weighted by Crippen LogP contribution is -2.19. The number of nitrogens with one attached hydrogen (secondary N) is 2.